The first-order chi connectivity index (χ1) is 8.16. The van der Waals surface area contributed by atoms with E-state index in [-0.39, 0.29) is 11.2 Å². The third kappa shape index (κ3) is 3.04. The molecule has 0 radical (unpaired) electrons. The van der Waals surface area contributed by atoms with E-state index in [0.29, 0.717) is 12.0 Å². The topological polar surface area (TPSA) is 12.9 Å². The van der Waals surface area contributed by atoms with Gasteiger partial charge in [-0.3, -0.25) is 4.98 Å². The molecule has 0 fully saturated rings. The van der Waals surface area contributed by atoms with E-state index >= 15 is 0 Å². The second-order valence-electron chi connectivity index (χ2n) is 4.00. The summed E-state index contributed by atoms with van der Waals surface area (Å²) in [5.41, 5.74) is 2.34. The fourth-order valence-electron chi connectivity index (χ4n) is 1.62. The first-order valence-corrected chi connectivity index (χ1v) is 5.90. The SMILES string of the molecule is Cc1ccc(C(Cl)Cc2ccccn2)cc1F. The molecule has 0 bridgehead atoms. The van der Waals surface area contributed by atoms with Gasteiger partial charge in [0.25, 0.3) is 0 Å². The Morgan fingerprint density at radius 1 is 1.29 bits per heavy atom. The molecule has 0 N–H and O–H groups in total. The van der Waals surface area contributed by atoms with E-state index in [1.165, 1.54) is 6.07 Å². The summed E-state index contributed by atoms with van der Waals surface area (Å²) < 4.78 is 13.4. The molecule has 1 aromatic heterocycles. The van der Waals surface area contributed by atoms with Gasteiger partial charge < -0.3 is 0 Å². The molecule has 0 saturated carbocycles. The molecule has 17 heavy (non-hydrogen) atoms. The van der Waals surface area contributed by atoms with Crippen molar-refractivity contribution in [3.8, 4) is 0 Å². The van der Waals surface area contributed by atoms with Crippen LogP contribution in [0.1, 0.15) is 22.2 Å². The van der Waals surface area contributed by atoms with Crippen LogP contribution in [0.15, 0.2) is 42.6 Å². The fraction of sp³-hybridized carbons (Fsp3) is 0.214. The highest BCUT2D eigenvalue weighted by atomic mass is 35.5. The predicted octanol–water partition coefficient (Wildman–Crippen LogP) is 4.05. The quantitative estimate of drug-likeness (QED) is 0.748. The van der Waals surface area contributed by atoms with Crippen molar-refractivity contribution in [3.63, 3.8) is 0 Å². The summed E-state index contributed by atoms with van der Waals surface area (Å²) >= 11 is 6.26. The molecule has 0 aliphatic rings. The predicted molar refractivity (Wildman–Crippen MR) is 67.7 cm³/mol. The van der Waals surface area contributed by atoms with Crippen LogP contribution in [0.5, 0.6) is 0 Å². The molecule has 0 saturated heterocycles. The summed E-state index contributed by atoms with van der Waals surface area (Å²) in [6.07, 6.45) is 2.33. The van der Waals surface area contributed by atoms with Gasteiger partial charge in [0.2, 0.25) is 0 Å². The maximum atomic E-state index is 13.4. The van der Waals surface area contributed by atoms with Crippen LogP contribution in [-0.2, 0) is 6.42 Å². The van der Waals surface area contributed by atoms with Crippen LogP contribution in [0, 0.1) is 12.7 Å². The first kappa shape index (κ1) is 12.1. The summed E-state index contributed by atoms with van der Waals surface area (Å²) in [6.45, 7) is 1.74. The summed E-state index contributed by atoms with van der Waals surface area (Å²) in [5.74, 6) is -0.214. The number of hydrogen-bond acceptors (Lipinski definition) is 1. The minimum absolute atomic E-state index is 0.214. The number of halogens is 2. The molecule has 1 heterocycles. The fourth-order valence-corrected chi connectivity index (χ4v) is 1.92. The van der Waals surface area contributed by atoms with Gasteiger partial charge in [-0.1, -0.05) is 18.2 Å². The van der Waals surface area contributed by atoms with Gasteiger partial charge in [-0.2, -0.15) is 0 Å². The van der Waals surface area contributed by atoms with Crippen LogP contribution < -0.4 is 0 Å². The van der Waals surface area contributed by atoms with Crippen LogP contribution in [0.2, 0.25) is 0 Å². The first-order valence-electron chi connectivity index (χ1n) is 5.47. The van der Waals surface area contributed by atoms with E-state index in [2.05, 4.69) is 4.98 Å². The van der Waals surface area contributed by atoms with Crippen LogP contribution in [-0.4, -0.2) is 4.98 Å². The van der Waals surface area contributed by atoms with E-state index < -0.39 is 0 Å². The van der Waals surface area contributed by atoms with Crippen molar-refractivity contribution < 1.29 is 4.39 Å². The van der Waals surface area contributed by atoms with E-state index in [4.69, 9.17) is 11.6 Å². The largest absolute Gasteiger partial charge is 0.261 e. The number of hydrogen-bond donors (Lipinski definition) is 0. The molecular weight excluding hydrogens is 237 g/mol. The van der Waals surface area contributed by atoms with Crippen molar-refractivity contribution in [3.05, 3.63) is 65.2 Å². The second-order valence-corrected chi connectivity index (χ2v) is 4.53. The molecule has 2 aromatic rings. The molecular formula is C14H13ClFN. The van der Waals surface area contributed by atoms with Crippen molar-refractivity contribution in [1.29, 1.82) is 0 Å². The van der Waals surface area contributed by atoms with Gasteiger partial charge in [-0.25, -0.2) is 4.39 Å². The lowest BCUT2D eigenvalue weighted by Crippen LogP contribution is -1.99. The van der Waals surface area contributed by atoms with Crippen LogP contribution in [0.25, 0.3) is 0 Å². The molecule has 88 valence electrons. The molecule has 1 aromatic carbocycles. The molecule has 1 nitrogen and oxygen atoms in total. The summed E-state index contributed by atoms with van der Waals surface area (Å²) in [6, 6.07) is 10.8. The monoisotopic (exact) mass is 249 g/mol. The zero-order valence-electron chi connectivity index (χ0n) is 9.53. The number of benzene rings is 1. The third-order valence-corrected chi connectivity index (χ3v) is 3.08. The number of pyridine rings is 1. The lowest BCUT2D eigenvalue weighted by Gasteiger charge is -2.10. The second kappa shape index (κ2) is 5.28. The minimum atomic E-state index is -0.250. The minimum Gasteiger partial charge on any atom is -0.261 e. The highest BCUT2D eigenvalue weighted by molar-refractivity contribution is 6.20. The van der Waals surface area contributed by atoms with Crippen LogP contribution in [0.4, 0.5) is 4.39 Å². The van der Waals surface area contributed by atoms with Gasteiger partial charge >= 0.3 is 0 Å². The van der Waals surface area contributed by atoms with E-state index in [1.54, 1.807) is 19.2 Å². The number of nitrogens with zero attached hydrogens (tertiary/aromatic N) is 1. The molecule has 0 spiro atoms. The Labute approximate surface area is 105 Å². The van der Waals surface area contributed by atoms with Crippen molar-refractivity contribution in [2.24, 2.45) is 0 Å². The average Bonchev–Trinajstić information content (AvgIpc) is 2.34. The summed E-state index contributed by atoms with van der Waals surface area (Å²) in [4.78, 5) is 4.21. The molecule has 2 rings (SSSR count). The molecule has 0 aliphatic carbocycles. The van der Waals surface area contributed by atoms with E-state index in [0.717, 1.165) is 11.3 Å². The maximum absolute atomic E-state index is 13.4. The zero-order chi connectivity index (χ0) is 12.3. The number of alkyl halides is 1. The number of aromatic nitrogens is 1. The van der Waals surface area contributed by atoms with Gasteiger partial charge in [0, 0.05) is 18.3 Å². The van der Waals surface area contributed by atoms with Crippen LogP contribution in [0.3, 0.4) is 0 Å². The van der Waals surface area contributed by atoms with Gasteiger partial charge in [0.15, 0.2) is 0 Å². The molecule has 0 amide bonds. The lowest BCUT2D eigenvalue weighted by atomic mass is 10.1. The van der Waals surface area contributed by atoms with Gasteiger partial charge in [0.1, 0.15) is 5.82 Å². The Morgan fingerprint density at radius 3 is 2.76 bits per heavy atom. The van der Waals surface area contributed by atoms with Crippen LogP contribution >= 0.6 is 11.6 Å². The van der Waals surface area contributed by atoms with E-state index in [1.807, 2.05) is 24.3 Å². The number of rotatable bonds is 3. The maximum Gasteiger partial charge on any atom is 0.126 e. The number of aryl methyl sites for hydroxylation is 1. The van der Waals surface area contributed by atoms with Crippen molar-refractivity contribution in [2.45, 2.75) is 18.7 Å². The Kier molecular flexibility index (Phi) is 3.75. The zero-order valence-corrected chi connectivity index (χ0v) is 10.3. The Balaban J connectivity index is 2.14. The Hall–Kier alpha value is -1.41. The standard InChI is InChI=1S/C14H13ClFN/c1-10-5-6-11(8-14(10)16)13(15)9-12-4-2-3-7-17-12/h2-8,13H,9H2,1H3. The highest BCUT2D eigenvalue weighted by Gasteiger charge is 2.11. The molecule has 0 aliphatic heterocycles. The molecule has 3 heteroatoms. The molecule has 1 atom stereocenters. The summed E-state index contributed by atoms with van der Waals surface area (Å²) in [7, 11) is 0. The van der Waals surface area contributed by atoms with Gasteiger partial charge in [-0.15, -0.1) is 11.6 Å². The normalized spacial score (nSPS) is 12.4. The smallest absolute Gasteiger partial charge is 0.126 e. The van der Waals surface area contributed by atoms with E-state index in [9.17, 15) is 4.39 Å². The van der Waals surface area contributed by atoms with Gasteiger partial charge in [0.05, 0.1) is 5.38 Å². The van der Waals surface area contributed by atoms with Crippen molar-refractivity contribution in [2.75, 3.05) is 0 Å². The van der Waals surface area contributed by atoms with Crippen molar-refractivity contribution >= 4 is 11.6 Å². The third-order valence-electron chi connectivity index (χ3n) is 2.67. The average molecular weight is 250 g/mol. The summed E-state index contributed by atoms with van der Waals surface area (Å²) in [5, 5.41) is -0.250. The van der Waals surface area contributed by atoms with Gasteiger partial charge in [-0.05, 0) is 36.2 Å². The molecule has 1 unspecified atom stereocenters. The van der Waals surface area contributed by atoms with Crippen molar-refractivity contribution in [1.82, 2.24) is 4.98 Å². The Bertz CT molecular complexity index is 499. The lowest BCUT2D eigenvalue weighted by molar-refractivity contribution is 0.615. The highest BCUT2D eigenvalue weighted by Crippen LogP contribution is 2.25. The Morgan fingerprint density at radius 2 is 2.12 bits per heavy atom.